The van der Waals surface area contributed by atoms with Crippen molar-refractivity contribution >= 4 is 11.5 Å². The normalized spacial score (nSPS) is 15.7. The Balaban J connectivity index is 1.71. The molecule has 0 aromatic heterocycles. The summed E-state index contributed by atoms with van der Waals surface area (Å²) in [5.41, 5.74) is 1.03. The lowest BCUT2D eigenvalue weighted by Gasteiger charge is -2.24. The van der Waals surface area contributed by atoms with Gasteiger partial charge in [0.05, 0.1) is 6.54 Å². The molecule has 1 aromatic carbocycles. The molecule has 0 unspecified atom stereocenters. The van der Waals surface area contributed by atoms with Gasteiger partial charge in [-0.25, -0.2) is 0 Å². The molecule has 2 nitrogen and oxygen atoms in total. The van der Waals surface area contributed by atoms with E-state index in [9.17, 15) is 4.79 Å². The van der Waals surface area contributed by atoms with Gasteiger partial charge in [0.15, 0.2) is 5.78 Å². The standard InChI is InChI=1S/C13H17NO/c15-13(9-11-5-4-6-11)10-14-12-7-2-1-3-8-12/h1-3,7-8,11,14H,4-6,9-10H2. The van der Waals surface area contributed by atoms with E-state index in [1.54, 1.807) is 0 Å². The third kappa shape index (κ3) is 3.08. The number of anilines is 1. The fourth-order valence-electron chi connectivity index (χ4n) is 1.85. The predicted molar refractivity (Wildman–Crippen MR) is 61.9 cm³/mol. The fourth-order valence-corrected chi connectivity index (χ4v) is 1.85. The van der Waals surface area contributed by atoms with E-state index in [-0.39, 0.29) is 0 Å². The molecule has 0 atom stereocenters. The summed E-state index contributed by atoms with van der Waals surface area (Å²) in [6.07, 6.45) is 4.57. The van der Waals surface area contributed by atoms with Crippen LogP contribution in [0.25, 0.3) is 0 Å². The van der Waals surface area contributed by atoms with Gasteiger partial charge in [-0.2, -0.15) is 0 Å². The van der Waals surface area contributed by atoms with Crippen LogP contribution in [0.1, 0.15) is 25.7 Å². The van der Waals surface area contributed by atoms with Gasteiger partial charge < -0.3 is 5.32 Å². The molecule has 1 aromatic rings. The highest BCUT2D eigenvalue weighted by molar-refractivity contribution is 5.83. The van der Waals surface area contributed by atoms with Gasteiger partial charge in [-0.15, -0.1) is 0 Å². The zero-order valence-corrected chi connectivity index (χ0v) is 8.91. The number of Topliss-reactive ketones (excluding diaryl/α,β-unsaturated/α-hetero) is 1. The molecular weight excluding hydrogens is 186 g/mol. The van der Waals surface area contributed by atoms with Crippen molar-refractivity contribution in [2.45, 2.75) is 25.7 Å². The van der Waals surface area contributed by atoms with Crippen molar-refractivity contribution in [1.82, 2.24) is 0 Å². The molecular formula is C13H17NO. The quantitative estimate of drug-likeness (QED) is 0.797. The van der Waals surface area contributed by atoms with Gasteiger partial charge in [0.1, 0.15) is 0 Å². The van der Waals surface area contributed by atoms with E-state index in [1.807, 2.05) is 30.3 Å². The topological polar surface area (TPSA) is 29.1 Å². The molecule has 0 spiro atoms. The number of benzene rings is 1. The number of ketones is 1. The smallest absolute Gasteiger partial charge is 0.152 e. The highest BCUT2D eigenvalue weighted by atomic mass is 16.1. The Morgan fingerprint density at radius 1 is 1.27 bits per heavy atom. The Bertz CT molecular complexity index is 317. The van der Waals surface area contributed by atoms with Crippen molar-refractivity contribution in [3.05, 3.63) is 30.3 Å². The summed E-state index contributed by atoms with van der Waals surface area (Å²) in [6, 6.07) is 9.88. The molecule has 1 fully saturated rings. The minimum Gasteiger partial charge on any atom is -0.378 e. The molecule has 1 saturated carbocycles. The zero-order chi connectivity index (χ0) is 10.5. The average Bonchev–Trinajstić information content (AvgIpc) is 2.22. The first kappa shape index (κ1) is 10.2. The van der Waals surface area contributed by atoms with E-state index in [4.69, 9.17) is 0 Å². The minimum atomic E-state index is 0.337. The predicted octanol–water partition coefficient (Wildman–Crippen LogP) is 2.86. The van der Waals surface area contributed by atoms with E-state index >= 15 is 0 Å². The number of para-hydroxylation sites is 1. The molecule has 80 valence electrons. The van der Waals surface area contributed by atoms with Gasteiger partial charge in [-0.1, -0.05) is 37.5 Å². The third-order valence-electron chi connectivity index (χ3n) is 3.00. The van der Waals surface area contributed by atoms with Crippen LogP contribution >= 0.6 is 0 Å². The SMILES string of the molecule is O=C(CNc1ccccc1)CC1CCC1. The summed E-state index contributed by atoms with van der Waals surface area (Å²) in [5, 5.41) is 3.15. The van der Waals surface area contributed by atoms with Crippen LogP contribution in [0.2, 0.25) is 0 Å². The van der Waals surface area contributed by atoms with Crippen LogP contribution in [0.15, 0.2) is 30.3 Å². The summed E-state index contributed by atoms with van der Waals surface area (Å²) < 4.78 is 0. The summed E-state index contributed by atoms with van der Waals surface area (Å²) in [6.45, 7) is 0.473. The van der Waals surface area contributed by atoms with Crippen LogP contribution < -0.4 is 5.32 Å². The highest BCUT2D eigenvalue weighted by Crippen LogP contribution is 2.29. The maximum Gasteiger partial charge on any atom is 0.152 e. The van der Waals surface area contributed by atoms with Crippen molar-refractivity contribution in [1.29, 1.82) is 0 Å². The van der Waals surface area contributed by atoms with Crippen molar-refractivity contribution in [3.8, 4) is 0 Å². The van der Waals surface area contributed by atoms with Gasteiger partial charge >= 0.3 is 0 Å². The summed E-state index contributed by atoms with van der Waals surface area (Å²) in [4.78, 5) is 11.6. The Kier molecular flexibility index (Phi) is 3.38. The molecule has 0 bridgehead atoms. The maximum absolute atomic E-state index is 11.6. The first-order valence-corrected chi connectivity index (χ1v) is 5.65. The summed E-state index contributed by atoms with van der Waals surface area (Å²) >= 11 is 0. The van der Waals surface area contributed by atoms with Gasteiger partial charge in [0, 0.05) is 12.1 Å². The third-order valence-corrected chi connectivity index (χ3v) is 3.00. The Morgan fingerprint density at radius 2 is 2.00 bits per heavy atom. The minimum absolute atomic E-state index is 0.337. The number of rotatable bonds is 5. The highest BCUT2D eigenvalue weighted by Gasteiger charge is 2.20. The van der Waals surface area contributed by atoms with Crippen LogP contribution in [-0.2, 0) is 4.79 Å². The summed E-state index contributed by atoms with van der Waals surface area (Å²) in [7, 11) is 0. The van der Waals surface area contributed by atoms with Gasteiger partial charge in [0.25, 0.3) is 0 Å². The number of carbonyl (C=O) groups is 1. The first-order valence-electron chi connectivity index (χ1n) is 5.65. The molecule has 0 saturated heterocycles. The zero-order valence-electron chi connectivity index (χ0n) is 8.91. The molecule has 1 aliphatic carbocycles. The largest absolute Gasteiger partial charge is 0.378 e. The molecule has 0 heterocycles. The second-order valence-corrected chi connectivity index (χ2v) is 4.26. The van der Waals surface area contributed by atoms with E-state index < -0.39 is 0 Å². The second kappa shape index (κ2) is 4.96. The average molecular weight is 203 g/mol. The number of nitrogens with one attached hydrogen (secondary N) is 1. The molecule has 15 heavy (non-hydrogen) atoms. The van der Waals surface area contributed by atoms with Gasteiger partial charge in [-0.3, -0.25) is 4.79 Å². The lowest BCUT2D eigenvalue weighted by atomic mass is 9.82. The van der Waals surface area contributed by atoms with Gasteiger partial charge in [0.2, 0.25) is 0 Å². The maximum atomic E-state index is 11.6. The van der Waals surface area contributed by atoms with Gasteiger partial charge in [-0.05, 0) is 18.1 Å². The Labute approximate surface area is 90.7 Å². The van der Waals surface area contributed by atoms with E-state index in [0.29, 0.717) is 18.2 Å². The number of carbonyl (C=O) groups excluding carboxylic acids is 1. The first-order chi connectivity index (χ1) is 7.34. The number of hydrogen-bond acceptors (Lipinski definition) is 2. The molecule has 1 aliphatic rings. The van der Waals surface area contributed by atoms with Crippen molar-refractivity contribution in [2.75, 3.05) is 11.9 Å². The van der Waals surface area contributed by atoms with Crippen molar-refractivity contribution < 1.29 is 4.79 Å². The van der Waals surface area contributed by atoms with Crippen LogP contribution in [0.4, 0.5) is 5.69 Å². The fraction of sp³-hybridized carbons (Fsp3) is 0.462. The lowest BCUT2D eigenvalue weighted by Crippen LogP contribution is -2.21. The van der Waals surface area contributed by atoms with Crippen molar-refractivity contribution in [3.63, 3.8) is 0 Å². The Morgan fingerprint density at radius 3 is 2.60 bits per heavy atom. The molecule has 1 N–H and O–H groups in total. The number of hydrogen-bond donors (Lipinski definition) is 1. The second-order valence-electron chi connectivity index (χ2n) is 4.26. The van der Waals surface area contributed by atoms with E-state index in [2.05, 4.69) is 5.32 Å². The molecule has 2 rings (SSSR count). The molecule has 2 heteroatoms. The Hall–Kier alpha value is -1.31. The lowest BCUT2D eigenvalue weighted by molar-refractivity contribution is -0.118. The van der Waals surface area contributed by atoms with Crippen LogP contribution in [0.3, 0.4) is 0 Å². The van der Waals surface area contributed by atoms with E-state index in [0.717, 1.165) is 12.1 Å². The van der Waals surface area contributed by atoms with Crippen molar-refractivity contribution in [2.24, 2.45) is 5.92 Å². The summed E-state index contributed by atoms with van der Waals surface area (Å²) in [5.74, 6) is 1.01. The van der Waals surface area contributed by atoms with E-state index in [1.165, 1.54) is 19.3 Å². The monoisotopic (exact) mass is 203 g/mol. The van der Waals surface area contributed by atoms with Crippen LogP contribution in [-0.4, -0.2) is 12.3 Å². The molecule has 0 amide bonds. The molecule has 0 aliphatic heterocycles. The molecule has 0 radical (unpaired) electrons. The van der Waals surface area contributed by atoms with Crippen LogP contribution in [0.5, 0.6) is 0 Å². The van der Waals surface area contributed by atoms with Crippen LogP contribution in [0, 0.1) is 5.92 Å².